The third-order valence-corrected chi connectivity index (χ3v) is 5.18. The van der Waals surface area contributed by atoms with Gasteiger partial charge in [0.15, 0.2) is 0 Å². The van der Waals surface area contributed by atoms with Crippen LogP contribution in [0.2, 0.25) is 0 Å². The van der Waals surface area contributed by atoms with Crippen molar-refractivity contribution in [2.45, 2.75) is 13.3 Å². The second kappa shape index (κ2) is 7.48. The van der Waals surface area contributed by atoms with Gasteiger partial charge in [-0.3, -0.25) is 9.36 Å². The zero-order chi connectivity index (χ0) is 20.5. The number of para-hydroxylation sites is 1. The molecule has 0 radical (unpaired) electrons. The van der Waals surface area contributed by atoms with E-state index in [1.807, 2.05) is 90.4 Å². The van der Waals surface area contributed by atoms with Crippen molar-refractivity contribution in [1.29, 1.82) is 0 Å². The van der Waals surface area contributed by atoms with E-state index in [0.29, 0.717) is 18.5 Å². The number of hydrogen-bond acceptors (Lipinski definition) is 3. The summed E-state index contributed by atoms with van der Waals surface area (Å²) in [5, 5.41) is 2.99. The number of fused-ring (bicyclic) bond motifs is 2. The van der Waals surface area contributed by atoms with Crippen LogP contribution < -0.4 is 5.32 Å². The van der Waals surface area contributed by atoms with Crippen molar-refractivity contribution in [3.63, 3.8) is 0 Å². The van der Waals surface area contributed by atoms with Gasteiger partial charge >= 0.3 is 0 Å². The molecule has 0 bridgehead atoms. The van der Waals surface area contributed by atoms with E-state index < -0.39 is 0 Å². The van der Waals surface area contributed by atoms with Crippen LogP contribution in [0, 0.1) is 6.92 Å². The minimum Gasteiger partial charge on any atom is -0.352 e. The molecule has 0 saturated heterocycles. The van der Waals surface area contributed by atoms with Crippen LogP contribution in [0.4, 0.5) is 0 Å². The van der Waals surface area contributed by atoms with E-state index in [1.165, 1.54) is 0 Å². The SMILES string of the molecule is Cc1nc2cc(C(=O)NCCc3cn4ccccc4n3)ccc2n1-c1ccccc1. The minimum absolute atomic E-state index is 0.104. The van der Waals surface area contributed by atoms with Gasteiger partial charge in [0.1, 0.15) is 11.5 Å². The van der Waals surface area contributed by atoms with Crippen molar-refractivity contribution in [1.82, 2.24) is 24.3 Å². The molecule has 148 valence electrons. The van der Waals surface area contributed by atoms with E-state index in [9.17, 15) is 4.79 Å². The highest BCUT2D eigenvalue weighted by atomic mass is 16.1. The van der Waals surface area contributed by atoms with E-state index in [1.54, 1.807) is 0 Å². The highest BCUT2D eigenvalue weighted by Gasteiger charge is 2.13. The van der Waals surface area contributed by atoms with E-state index >= 15 is 0 Å². The average molecular weight is 395 g/mol. The molecule has 30 heavy (non-hydrogen) atoms. The first kappa shape index (κ1) is 18.1. The quantitative estimate of drug-likeness (QED) is 0.490. The molecule has 6 nitrogen and oxygen atoms in total. The first-order valence-electron chi connectivity index (χ1n) is 9.94. The maximum absolute atomic E-state index is 12.6. The lowest BCUT2D eigenvalue weighted by molar-refractivity contribution is 0.0954. The van der Waals surface area contributed by atoms with Crippen LogP contribution >= 0.6 is 0 Å². The lowest BCUT2D eigenvalue weighted by atomic mass is 10.2. The Morgan fingerprint density at radius 2 is 1.83 bits per heavy atom. The molecule has 0 saturated carbocycles. The second-order valence-electron chi connectivity index (χ2n) is 7.24. The molecule has 0 atom stereocenters. The number of imidazole rings is 2. The fourth-order valence-corrected chi connectivity index (χ4v) is 3.76. The van der Waals surface area contributed by atoms with Crippen molar-refractivity contribution in [2.24, 2.45) is 0 Å². The van der Waals surface area contributed by atoms with Crippen LogP contribution in [-0.4, -0.2) is 31.4 Å². The maximum Gasteiger partial charge on any atom is 0.251 e. The van der Waals surface area contributed by atoms with Gasteiger partial charge in [-0.15, -0.1) is 0 Å². The van der Waals surface area contributed by atoms with Crippen LogP contribution in [-0.2, 0) is 6.42 Å². The van der Waals surface area contributed by atoms with Crippen LogP contribution in [0.5, 0.6) is 0 Å². The summed E-state index contributed by atoms with van der Waals surface area (Å²) in [6, 6.07) is 21.7. The number of amides is 1. The predicted octanol–water partition coefficient (Wildman–Crippen LogP) is 3.95. The van der Waals surface area contributed by atoms with Crippen LogP contribution in [0.3, 0.4) is 0 Å². The van der Waals surface area contributed by atoms with E-state index in [-0.39, 0.29) is 5.91 Å². The van der Waals surface area contributed by atoms with Crippen molar-refractivity contribution in [3.8, 4) is 5.69 Å². The lowest BCUT2D eigenvalue weighted by Gasteiger charge is -2.07. The molecule has 1 amide bonds. The molecular weight excluding hydrogens is 374 g/mol. The van der Waals surface area contributed by atoms with Crippen molar-refractivity contribution < 1.29 is 4.79 Å². The minimum atomic E-state index is -0.104. The molecule has 0 spiro atoms. The molecule has 0 unspecified atom stereocenters. The summed E-state index contributed by atoms with van der Waals surface area (Å²) in [7, 11) is 0. The summed E-state index contributed by atoms with van der Waals surface area (Å²) in [6.45, 7) is 2.50. The highest BCUT2D eigenvalue weighted by Crippen LogP contribution is 2.22. The number of nitrogens with zero attached hydrogens (tertiary/aromatic N) is 4. The van der Waals surface area contributed by atoms with Crippen LogP contribution in [0.1, 0.15) is 21.9 Å². The molecule has 6 heteroatoms. The summed E-state index contributed by atoms with van der Waals surface area (Å²) in [4.78, 5) is 21.9. The highest BCUT2D eigenvalue weighted by molar-refractivity contribution is 5.97. The fourth-order valence-electron chi connectivity index (χ4n) is 3.76. The molecule has 2 aromatic carbocycles. The number of hydrogen-bond donors (Lipinski definition) is 1. The third-order valence-electron chi connectivity index (χ3n) is 5.18. The van der Waals surface area contributed by atoms with Gasteiger partial charge in [-0.05, 0) is 49.4 Å². The normalized spacial score (nSPS) is 11.2. The van der Waals surface area contributed by atoms with Gasteiger partial charge in [-0.2, -0.15) is 0 Å². The molecule has 3 heterocycles. The number of aryl methyl sites for hydroxylation is 1. The number of aromatic nitrogens is 4. The van der Waals surface area contributed by atoms with Gasteiger partial charge in [0.2, 0.25) is 0 Å². The molecule has 0 aliphatic heterocycles. The van der Waals surface area contributed by atoms with E-state index in [4.69, 9.17) is 0 Å². The Morgan fingerprint density at radius 1 is 1.00 bits per heavy atom. The van der Waals surface area contributed by atoms with E-state index in [0.717, 1.165) is 33.9 Å². The molecule has 5 rings (SSSR count). The second-order valence-corrected chi connectivity index (χ2v) is 7.24. The number of rotatable bonds is 5. The first-order chi connectivity index (χ1) is 14.7. The number of carbonyl (C=O) groups excluding carboxylic acids is 1. The van der Waals surface area contributed by atoms with Crippen LogP contribution in [0.25, 0.3) is 22.4 Å². The van der Waals surface area contributed by atoms with Crippen LogP contribution in [0.15, 0.2) is 79.1 Å². The molecule has 3 aromatic heterocycles. The predicted molar refractivity (Wildman–Crippen MR) is 117 cm³/mol. The average Bonchev–Trinajstić information content (AvgIpc) is 3.33. The van der Waals surface area contributed by atoms with Gasteiger partial charge in [-0.1, -0.05) is 24.3 Å². The van der Waals surface area contributed by atoms with Crippen molar-refractivity contribution >= 4 is 22.6 Å². The first-order valence-corrected chi connectivity index (χ1v) is 9.94. The van der Waals surface area contributed by atoms with E-state index in [2.05, 4.69) is 19.9 Å². The summed E-state index contributed by atoms with van der Waals surface area (Å²) in [6.07, 6.45) is 4.64. The number of pyridine rings is 1. The molecule has 5 aromatic rings. The number of nitrogens with one attached hydrogen (secondary N) is 1. The fraction of sp³-hybridized carbons (Fsp3) is 0.125. The van der Waals surface area contributed by atoms with Crippen molar-refractivity contribution in [2.75, 3.05) is 6.54 Å². The molecule has 0 fully saturated rings. The number of carbonyl (C=O) groups is 1. The Bertz CT molecular complexity index is 1320. The zero-order valence-electron chi connectivity index (χ0n) is 16.6. The van der Waals surface area contributed by atoms with Gasteiger partial charge in [0.05, 0.1) is 16.7 Å². The summed E-state index contributed by atoms with van der Waals surface area (Å²) < 4.78 is 4.08. The van der Waals surface area contributed by atoms with Gasteiger partial charge < -0.3 is 9.72 Å². The summed E-state index contributed by atoms with van der Waals surface area (Å²) in [5.41, 5.74) is 5.32. The number of benzene rings is 2. The molecule has 1 N–H and O–H groups in total. The Labute approximate surface area is 173 Å². The molecule has 0 aliphatic carbocycles. The monoisotopic (exact) mass is 395 g/mol. The summed E-state index contributed by atoms with van der Waals surface area (Å²) in [5.74, 6) is 0.785. The Hall–Kier alpha value is -3.93. The molecule has 0 aliphatic rings. The van der Waals surface area contributed by atoms with Crippen molar-refractivity contribution in [3.05, 3.63) is 96.2 Å². The zero-order valence-corrected chi connectivity index (χ0v) is 16.6. The standard InChI is InChI=1S/C24H21N5O/c1-17-26-21-15-18(10-11-22(21)29(17)20-7-3-2-4-8-20)24(30)25-13-12-19-16-28-14-6-5-9-23(28)27-19/h2-11,14-16H,12-13H2,1H3,(H,25,30). The Morgan fingerprint density at radius 3 is 2.67 bits per heavy atom. The lowest BCUT2D eigenvalue weighted by Crippen LogP contribution is -2.25. The van der Waals surface area contributed by atoms with Gasteiger partial charge in [0.25, 0.3) is 5.91 Å². The molecular formula is C24H21N5O. The Balaban J connectivity index is 1.31. The topological polar surface area (TPSA) is 64.2 Å². The largest absolute Gasteiger partial charge is 0.352 e. The Kier molecular flexibility index (Phi) is 4.52. The maximum atomic E-state index is 12.6. The van der Waals surface area contributed by atoms with Gasteiger partial charge in [-0.25, -0.2) is 9.97 Å². The smallest absolute Gasteiger partial charge is 0.251 e. The summed E-state index contributed by atoms with van der Waals surface area (Å²) >= 11 is 0. The third kappa shape index (κ3) is 3.33. The van der Waals surface area contributed by atoms with Gasteiger partial charge in [0, 0.05) is 36.6 Å².